The Labute approximate surface area is 206 Å². The van der Waals surface area contributed by atoms with Crippen molar-refractivity contribution in [2.45, 2.75) is 6.10 Å². The lowest BCUT2D eigenvalue weighted by Crippen LogP contribution is -2.40. The number of nitrogens with zero attached hydrogens (tertiary/aromatic N) is 2. The molecule has 0 saturated carbocycles. The van der Waals surface area contributed by atoms with E-state index in [1.807, 2.05) is 0 Å². The zero-order valence-corrected chi connectivity index (χ0v) is 19.8. The minimum atomic E-state index is -1.30. The van der Waals surface area contributed by atoms with Crippen molar-refractivity contribution in [1.29, 1.82) is 0 Å². The molecule has 1 aliphatic heterocycles. The molecule has 0 bridgehead atoms. The fourth-order valence-corrected chi connectivity index (χ4v) is 4.01. The summed E-state index contributed by atoms with van der Waals surface area (Å²) in [6, 6.07) is 8.48. The Hall–Kier alpha value is -3.35. The Balaban J connectivity index is 1.55. The van der Waals surface area contributed by atoms with Gasteiger partial charge in [0.25, 0.3) is 11.8 Å². The molecule has 0 aliphatic carbocycles. The third-order valence-corrected chi connectivity index (χ3v) is 5.86. The number of hydrogen-bond donors (Lipinski definition) is 2. The van der Waals surface area contributed by atoms with Crippen molar-refractivity contribution < 1.29 is 37.4 Å². The van der Waals surface area contributed by atoms with Gasteiger partial charge in [-0.1, -0.05) is 12.1 Å². The molecule has 184 valence electrons. The van der Waals surface area contributed by atoms with Gasteiger partial charge in [-0.3, -0.25) is 9.59 Å². The fraction of sp³-hybridized carbons (Fsp3) is 0.261. The van der Waals surface area contributed by atoms with Crippen LogP contribution in [0, 0.1) is 11.6 Å². The summed E-state index contributed by atoms with van der Waals surface area (Å²) in [6.45, 7) is 1.38. The number of benzene rings is 2. The maximum Gasteiger partial charge on any atom is 0.254 e. The van der Waals surface area contributed by atoms with E-state index in [1.165, 1.54) is 0 Å². The molecule has 1 aromatic heterocycles. The van der Waals surface area contributed by atoms with Crippen molar-refractivity contribution in [3.05, 3.63) is 69.7 Å². The summed E-state index contributed by atoms with van der Waals surface area (Å²) in [4.78, 5) is 30.0. The number of aliphatic hydroxyl groups excluding tert-OH is 1. The quantitative estimate of drug-likeness (QED) is 0.461. The molecular formula is C23H20BrF2N3O6. The van der Waals surface area contributed by atoms with E-state index in [-0.39, 0.29) is 16.5 Å². The molecule has 3 aromatic rings. The standard InChI is InChI=1S/C23H20BrF2N3O6/c24-20-19(12-1-3-13(4-2-12)23(32)29-7-9-33-10-8-29)28-22(35-20)16(11-30)34-15-6-5-14(25)17(18(15)26)21(27)31/h1-6,16,30H,7-11H2,(H2,27,31). The number of morpholine rings is 1. The zero-order chi connectivity index (χ0) is 25.1. The predicted octanol–water partition coefficient (Wildman–Crippen LogP) is 3.07. The van der Waals surface area contributed by atoms with Crippen LogP contribution in [-0.4, -0.2) is 59.7 Å². The number of primary amides is 1. The molecule has 2 amide bonds. The van der Waals surface area contributed by atoms with Gasteiger partial charge in [0.2, 0.25) is 5.89 Å². The maximum absolute atomic E-state index is 14.5. The monoisotopic (exact) mass is 551 g/mol. The van der Waals surface area contributed by atoms with E-state index in [0.717, 1.165) is 12.1 Å². The first-order valence-electron chi connectivity index (χ1n) is 10.5. The topological polar surface area (TPSA) is 128 Å². The molecule has 0 radical (unpaired) electrons. The Morgan fingerprint density at radius 1 is 1.17 bits per heavy atom. The second-order valence-electron chi connectivity index (χ2n) is 7.54. The van der Waals surface area contributed by atoms with Crippen LogP contribution in [0.25, 0.3) is 11.3 Å². The summed E-state index contributed by atoms with van der Waals surface area (Å²) in [6.07, 6.45) is -1.28. The molecule has 2 heterocycles. The molecule has 1 atom stereocenters. The zero-order valence-electron chi connectivity index (χ0n) is 18.2. The van der Waals surface area contributed by atoms with Crippen LogP contribution in [0.2, 0.25) is 0 Å². The lowest BCUT2D eigenvalue weighted by molar-refractivity contribution is 0.0303. The number of rotatable bonds is 7. The van der Waals surface area contributed by atoms with Gasteiger partial charge in [0, 0.05) is 24.2 Å². The molecule has 1 aliphatic rings. The Morgan fingerprint density at radius 2 is 1.86 bits per heavy atom. The van der Waals surface area contributed by atoms with E-state index in [4.69, 9.17) is 19.6 Å². The first-order valence-corrected chi connectivity index (χ1v) is 11.3. The molecule has 9 nitrogen and oxygen atoms in total. The van der Waals surface area contributed by atoms with Crippen LogP contribution in [0.3, 0.4) is 0 Å². The number of aromatic nitrogens is 1. The summed E-state index contributed by atoms with van der Waals surface area (Å²) >= 11 is 3.26. The van der Waals surface area contributed by atoms with Crippen molar-refractivity contribution in [2.24, 2.45) is 5.73 Å². The van der Waals surface area contributed by atoms with Crippen LogP contribution >= 0.6 is 15.9 Å². The number of carbonyl (C=O) groups excluding carboxylic acids is 2. The average molecular weight is 552 g/mol. The number of hydrogen-bond acceptors (Lipinski definition) is 7. The number of ether oxygens (including phenoxy) is 2. The van der Waals surface area contributed by atoms with Crippen molar-refractivity contribution in [3.8, 4) is 17.0 Å². The highest BCUT2D eigenvalue weighted by molar-refractivity contribution is 9.10. The summed E-state index contributed by atoms with van der Waals surface area (Å²) in [7, 11) is 0. The van der Waals surface area contributed by atoms with E-state index in [9.17, 15) is 23.5 Å². The van der Waals surface area contributed by atoms with Crippen LogP contribution in [0.1, 0.15) is 32.7 Å². The molecule has 12 heteroatoms. The first kappa shape index (κ1) is 24.8. The van der Waals surface area contributed by atoms with E-state index in [2.05, 4.69) is 20.9 Å². The van der Waals surface area contributed by atoms with Crippen molar-refractivity contribution in [3.63, 3.8) is 0 Å². The number of carbonyl (C=O) groups is 2. The van der Waals surface area contributed by atoms with Gasteiger partial charge < -0.3 is 29.6 Å². The summed E-state index contributed by atoms with van der Waals surface area (Å²) in [5.74, 6) is -4.47. The number of oxazole rings is 1. The maximum atomic E-state index is 14.5. The molecular weight excluding hydrogens is 532 g/mol. The number of amides is 2. The average Bonchev–Trinajstić information content (AvgIpc) is 3.25. The molecule has 2 aromatic carbocycles. The predicted molar refractivity (Wildman–Crippen MR) is 122 cm³/mol. The molecule has 3 N–H and O–H groups in total. The van der Waals surface area contributed by atoms with Crippen molar-refractivity contribution in [2.75, 3.05) is 32.9 Å². The molecule has 35 heavy (non-hydrogen) atoms. The second kappa shape index (κ2) is 10.5. The molecule has 4 rings (SSSR count). The van der Waals surface area contributed by atoms with Gasteiger partial charge in [-0.25, -0.2) is 13.8 Å². The lowest BCUT2D eigenvalue weighted by Gasteiger charge is -2.26. The Bertz CT molecular complexity index is 1240. The first-order chi connectivity index (χ1) is 16.8. The van der Waals surface area contributed by atoms with E-state index in [1.54, 1.807) is 29.2 Å². The molecule has 1 unspecified atom stereocenters. The smallest absolute Gasteiger partial charge is 0.254 e. The van der Waals surface area contributed by atoms with E-state index in [0.29, 0.717) is 43.1 Å². The normalized spacial score (nSPS) is 14.6. The van der Waals surface area contributed by atoms with Crippen LogP contribution in [0.4, 0.5) is 8.78 Å². The lowest BCUT2D eigenvalue weighted by atomic mass is 10.1. The Kier molecular flexibility index (Phi) is 7.43. The minimum Gasteiger partial charge on any atom is -0.475 e. The van der Waals surface area contributed by atoms with Gasteiger partial charge in [-0.15, -0.1) is 0 Å². The number of nitrogens with two attached hydrogens (primary N) is 1. The highest BCUT2D eigenvalue weighted by Gasteiger charge is 2.26. The summed E-state index contributed by atoms with van der Waals surface area (Å²) in [5, 5.41) is 9.78. The Morgan fingerprint density at radius 3 is 2.49 bits per heavy atom. The van der Waals surface area contributed by atoms with Crippen LogP contribution in [0.5, 0.6) is 5.75 Å². The molecule has 1 fully saturated rings. The third-order valence-electron chi connectivity index (χ3n) is 5.32. The van der Waals surface area contributed by atoms with Gasteiger partial charge in [-0.2, -0.15) is 0 Å². The van der Waals surface area contributed by atoms with Crippen LogP contribution in [0.15, 0.2) is 45.5 Å². The highest BCUT2D eigenvalue weighted by atomic mass is 79.9. The van der Waals surface area contributed by atoms with E-state index < -0.39 is 41.6 Å². The van der Waals surface area contributed by atoms with Gasteiger partial charge in [0.1, 0.15) is 17.1 Å². The largest absolute Gasteiger partial charge is 0.475 e. The summed E-state index contributed by atoms with van der Waals surface area (Å²) in [5.41, 5.74) is 5.53. The second-order valence-corrected chi connectivity index (χ2v) is 8.26. The van der Waals surface area contributed by atoms with Gasteiger partial charge in [0.05, 0.1) is 19.8 Å². The number of aliphatic hydroxyl groups is 1. The number of halogens is 3. The van der Waals surface area contributed by atoms with Gasteiger partial charge in [0.15, 0.2) is 22.3 Å². The van der Waals surface area contributed by atoms with Gasteiger partial charge >= 0.3 is 0 Å². The summed E-state index contributed by atoms with van der Waals surface area (Å²) < 4.78 is 44.7. The molecule has 0 spiro atoms. The van der Waals surface area contributed by atoms with E-state index >= 15 is 0 Å². The molecule has 1 saturated heterocycles. The van der Waals surface area contributed by atoms with Crippen molar-refractivity contribution >= 4 is 27.7 Å². The highest BCUT2D eigenvalue weighted by Crippen LogP contribution is 2.33. The van der Waals surface area contributed by atoms with Gasteiger partial charge in [-0.05, 0) is 40.2 Å². The fourth-order valence-electron chi connectivity index (χ4n) is 3.52. The van der Waals surface area contributed by atoms with Crippen LogP contribution < -0.4 is 10.5 Å². The third kappa shape index (κ3) is 5.19. The van der Waals surface area contributed by atoms with Crippen LogP contribution in [-0.2, 0) is 4.74 Å². The minimum absolute atomic E-state index is 0.104. The van der Waals surface area contributed by atoms with Crippen molar-refractivity contribution in [1.82, 2.24) is 9.88 Å². The SMILES string of the molecule is NC(=O)c1c(F)ccc(OC(CO)c2nc(-c3ccc(C(=O)N4CCOCC4)cc3)c(Br)o2)c1F.